The van der Waals surface area contributed by atoms with E-state index in [1.807, 2.05) is 56.0 Å². The first-order valence-electron chi connectivity index (χ1n) is 11.9. The van der Waals surface area contributed by atoms with Gasteiger partial charge in [-0.05, 0) is 28.7 Å². The fourth-order valence-electron chi connectivity index (χ4n) is 4.20. The van der Waals surface area contributed by atoms with Crippen LogP contribution in [0.4, 0.5) is 0 Å². The Hall–Kier alpha value is -3.15. The largest absolute Gasteiger partial charge is 0.368 e. The van der Waals surface area contributed by atoms with Gasteiger partial charge in [-0.3, -0.25) is 14.4 Å². The van der Waals surface area contributed by atoms with E-state index in [1.165, 1.54) is 5.56 Å². The average molecular weight is 464 g/mol. The van der Waals surface area contributed by atoms with Gasteiger partial charge in [0.2, 0.25) is 17.7 Å². The lowest BCUT2D eigenvalue weighted by Gasteiger charge is -2.25. The number of nitrogens with one attached hydrogen (secondary N) is 1. The molecule has 3 rings (SSSR count). The number of benzene rings is 2. The topological polar surface area (TPSA) is 92.5 Å². The zero-order valence-corrected chi connectivity index (χ0v) is 21.1. The summed E-state index contributed by atoms with van der Waals surface area (Å²) in [5.74, 6) is -0.312. The first-order chi connectivity index (χ1) is 15.8. The molecule has 2 atom stereocenters. The van der Waals surface area contributed by atoms with Crippen molar-refractivity contribution in [3.05, 3.63) is 59.7 Å². The van der Waals surface area contributed by atoms with E-state index in [4.69, 9.17) is 5.73 Å². The van der Waals surface area contributed by atoms with Crippen LogP contribution >= 0.6 is 0 Å². The molecule has 6 heteroatoms. The molecule has 3 amide bonds. The average Bonchev–Trinajstić information content (AvgIpc) is 3.25. The molecule has 0 bridgehead atoms. The number of carbonyl (C=O) groups excluding carboxylic acids is 3. The third-order valence-electron chi connectivity index (χ3n) is 6.29. The molecule has 0 radical (unpaired) electrons. The van der Waals surface area contributed by atoms with Gasteiger partial charge in [-0.15, -0.1) is 0 Å². The Morgan fingerprint density at radius 1 is 0.941 bits per heavy atom. The van der Waals surface area contributed by atoms with Crippen molar-refractivity contribution in [2.75, 3.05) is 13.1 Å². The van der Waals surface area contributed by atoms with E-state index in [9.17, 15) is 14.4 Å². The molecule has 0 aliphatic carbocycles. The third-order valence-corrected chi connectivity index (χ3v) is 6.29. The summed E-state index contributed by atoms with van der Waals surface area (Å²) in [6.07, 6.45) is 0.956. The predicted molar refractivity (Wildman–Crippen MR) is 135 cm³/mol. The molecule has 0 spiro atoms. The van der Waals surface area contributed by atoms with Crippen molar-refractivity contribution in [1.29, 1.82) is 0 Å². The first kappa shape index (κ1) is 25.5. The Morgan fingerprint density at radius 3 is 2.15 bits per heavy atom. The fraction of sp³-hybridized carbons (Fsp3) is 0.464. The quantitative estimate of drug-likeness (QED) is 0.688. The summed E-state index contributed by atoms with van der Waals surface area (Å²) < 4.78 is 0. The van der Waals surface area contributed by atoms with Crippen molar-refractivity contribution < 1.29 is 14.4 Å². The van der Waals surface area contributed by atoms with Crippen molar-refractivity contribution in [2.24, 2.45) is 16.6 Å². The number of primary amides is 1. The summed E-state index contributed by atoms with van der Waals surface area (Å²) in [5.41, 5.74) is 8.54. The monoisotopic (exact) mass is 463 g/mol. The number of hydrogen-bond acceptors (Lipinski definition) is 3. The molecule has 1 unspecified atom stereocenters. The van der Waals surface area contributed by atoms with Crippen LogP contribution in [0.25, 0.3) is 11.1 Å². The van der Waals surface area contributed by atoms with Crippen LogP contribution in [0.15, 0.2) is 48.5 Å². The molecule has 182 valence electrons. The van der Waals surface area contributed by atoms with E-state index >= 15 is 0 Å². The highest BCUT2D eigenvalue weighted by Crippen LogP contribution is 2.33. The molecular weight excluding hydrogens is 426 g/mol. The Morgan fingerprint density at radius 2 is 1.59 bits per heavy atom. The normalized spacial score (nSPS) is 17.4. The molecule has 2 aromatic carbocycles. The summed E-state index contributed by atoms with van der Waals surface area (Å²) in [5, 5.41) is 2.76. The molecule has 34 heavy (non-hydrogen) atoms. The lowest BCUT2D eigenvalue weighted by atomic mass is 9.92. The highest BCUT2D eigenvalue weighted by molar-refractivity contribution is 5.89. The summed E-state index contributed by atoms with van der Waals surface area (Å²) in [6, 6.07) is 15.1. The van der Waals surface area contributed by atoms with Gasteiger partial charge in [0, 0.05) is 29.8 Å². The van der Waals surface area contributed by atoms with Crippen molar-refractivity contribution in [2.45, 2.75) is 59.9 Å². The smallest absolute Gasteiger partial charge is 0.244 e. The van der Waals surface area contributed by atoms with Gasteiger partial charge in [0.1, 0.15) is 6.04 Å². The van der Waals surface area contributed by atoms with Crippen LogP contribution in [0.3, 0.4) is 0 Å². The summed E-state index contributed by atoms with van der Waals surface area (Å²) in [7, 11) is 0. The molecule has 2 aromatic rings. The van der Waals surface area contributed by atoms with E-state index < -0.39 is 17.4 Å². The number of nitrogens with two attached hydrogens (primary N) is 1. The second kappa shape index (κ2) is 9.61. The second-order valence-electron chi connectivity index (χ2n) is 11.3. The SMILES string of the molecule is CC(C)(C)C(=O)N[C@H](C(N)=O)c1ccc(-c2cccc(C3CCN(C(=O)C(C)(C)C)C3)c2)cc1. The Kier molecular flexibility index (Phi) is 7.20. The van der Waals surface area contributed by atoms with E-state index in [0.717, 1.165) is 30.6 Å². The maximum Gasteiger partial charge on any atom is 0.244 e. The molecule has 1 aliphatic heterocycles. The number of nitrogens with zero attached hydrogens (tertiary/aromatic N) is 1. The summed E-state index contributed by atoms with van der Waals surface area (Å²) in [4.78, 5) is 39.0. The lowest BCUT2D eigenvalue weighted by Crippen LogP contribution is -2.42. The van der Waals surface area contributed by atoms with Crippen molar-refractivity contribution in [3.63, 3.8) is 0 Å². The van der Waals surface area contributed by atoms with Gasteiger partial charge in [0.05, 0.1) is 0 Å². The Balaban J connectivity index is 1.77. The maximum absolute atomic E-state index is 12.7. The van der Waals surface area contributed by atoms with Gasteiger partial charge >= 0.3 is 0 Å². The molecule has 1 fully saturated rings. The lowest BCUT2D eigenvalue weighted by molar-refractivity contribution is -0.138. The third kappa shape index (κ3) is 5.85. The zero-order valence-electron chi connectivity index (χ0n) is 21.1. The molecule has 1 saturated heterocycles. The Labute approximate surface area is 202 Å². The van der Waals surface area contributed by atoms with Gasteiger partial charge < -0.3 is 16.0 Å². The minimum absolute atomic E-state index is 0.198. The van der Waals surface area contributed by atoms with Crippen LogP contribution in [0, 0.1) is 10.8 Å². The molecule has 0 saturated carbocycles. The number of hydrogen-bond donors (Lipinski definition) is 2. The standard InChI is InChI=1S/C28H37N3O3/c1-27(2,3)25(33)30-23(24(29)32)19-12-10-18(11-13-19)20-8-7-9-21(16-20)22-14-15-31(17-22)26(34)28(4,5)6/h7-13,16,22-23H,14-15,17H2,1-6H3,(H2,29,32)(H,30,33)/t22?,23-/m0/s1. The van der Waals surface area contributed by atoms with Crippen LogP contribution < -0.4 is 11.1 Å². The minimum Gasteiger partial charge on any atom is -0.368 e. The molecule has 1 heterocycles. The summed E-state index contributed by atoms with van der Waals surface area (Å²) >= 11 is 0. The van der Waals surface area contributed by atoms with Gasteiger partial charge in [0.25, 0.3) is 0 Å². The number of likely N-dealkylation sites (tertiary alicyclic amines) is 1. The fourth-order valence-corrected chi connectivity index (χ4v) is 4.20. The first-order valence-corrected chi connectivity index (χ1v) is 11.9. The number of rotatable bonds is 5. The van der Waals surface area contributed by atoms with Crippen LogP contribution in [0.1, 0.15) is 71.0 Å². The summed E-state index contributed by atoms with van der Waals surface area (Å²) in [6.45, 7) is 12.8. The highest BCUT2D eigenvalue weighted by Gasteiger charge is 2.33. The molecule has 0 aromatic heterocycles. The van der Waals surface area contributed by atoms with Crippen molar-refractivity contribution in [1.82, 2.24) is 10.2 Å². The van der Waals surface area contributed by atoms with E-state index in [-0.39, 0.29) is 17.2 Å². The van der Waals surface area contributed by atoms with Gasteiger partial charge in [0.15, 0.2) is 0 Å². The molecule has 6 nitrogen and oxygen atoms in total. The number of carbonyl (C=O) groups is 3. The number of amides is 3. The second-order valence-corrected chi connectivity index (χ2v) is 11.3. The van der Waals surface area contributed by atoms with Crippen LogP contribution in [0.5, 0.6) is 0 Å². The van der Waals surface area contributed by atoms with Crippen LogP contribution in [0.2, 0.25) is 0 Å². The van der Waals surface area contributed by atoms with Crippen LogP contribution in [-0.2, 0) is 14.4 Å². The maximum atomic E-state index is 12.7. The minimum atomic E-state index is -0.878. The van der Waals surface area contributed by atoms with E-state index in [2.05, 4.69) is 23.5 Å². The Bertz CT molecular complexity index is 1060. The zero-order chi connectivity index (χ0) is 25.3. The molecule has 1 aliphatic rings. The van der Waals surface area contributed by atoms with Crippen molar-refractivity contribution >= 4 is 17.7 Å². The van der Waals surface area contributed by atoms with Gasteiger partial charge in [-0.2, -0.15) is 0 Å². The van der Waals surface area contributed by atoms with Crippen LogP contribution in [-0.4, -0.2) is 35.7 Å². The predicted octanol–water partition coefficient (Wildman–Crippen LogP) is 4.40. The molecule has 3 N–H and O–H groups in total. The highest BCUT2D eigenvalue weighted by atomic mass is 16.2. The van der Waals surface area contributed by atoms with Gasteiger partial charge in [-0.25, -0.2) is 0 Å². The van der Waals surface area contributed by atoms with E-state index in [1.54, 1.807) is 20.8 Å². The van der Waals surface area contributed by atoms with Crippen molar-refractivity contribution in [3.8, 4) is 11.1 Å². The molecular formula is C28H37N3O3. The van der Waals surface area contributed by atoms with E-state index in [0.29, 0.717) is 11.5 Å². The van der Waals surface area contributed by atoms with Gasteiger partial charge in [-0.1, -0.05) is 90.1 Å².